The Labute approximate surface area is 191 Å². The van der Waals surface area contributed by atoms with Crippen LogP contribution in [0.4, 0.5) is 11.4 Å². The van der Waals surface area contributed by atoms with Crippen molar-refractivity contribution >= 4 is 29.2 Å². The second-order valence-corrected chi connectivity index (χ2v) is 7.79. The molecule has 2 aromatic carbocycles. The fourth-order valence-electron chi connectivity index (χ4n) is 3.04. The molecule has 2 N–H and O–H groups in total. The van der Waals surface area contributed by atoms with E-state index >= 15 is 0 Å². The number of anilines is 2. The topological polar surface area (TPSA) is 107 Å². The molecule has 8 heteroatoms. The van der Waals surface area contributed by atoms with E-state index in [1.807, 2.05) is 6.92 Å². The Kier molecular flexibility index (Phi) is 7.40. The van der Waals surface area contributed by atoms with Gasteiger partial charge in [0.2, 0.25) is 5.91 Å². The van der Waals surface area contributed by atoms with Crippen LogP contribution in [-0.2, 0) is 16.1 Å². The molecule has 0 atom stereocenters. The first kappa shape index (κ1) is 23.5. The molecule has 0 spiro atoms. The van der Waals surface area contributed by atoms with E-state index in [1.165, 1.54) is 10.6 Å². The maximum atomic E-state index is 12.6. The number of pyridine rings is 1. The summed E-state index contributed by atoms with van der Waals surface area (Å²) < 4.78 is 6.50. The molecule has 0 bridgehead atoms. The number of nitrogens with one attached hydrogen (secondary N) is 2. The Balaban J connectivity index is 1.61. The molecule has 8 nitrogen and oxygen atoms in total. The number of benzene rings is 2. The van der Waals surface area contributed by atoms with Crippen molar-refractivity contribution in [2.24, 2.45) is 0 Å². The van der Waals surface area contributed by atoms with Crippen LogP contribution in [-0.4, -0.2) is 28.5 Å². The molecule has 33 heavy (non-hydrogen) atoms. The van der Waals surface area contributed by atoms with Gasteiger partial charge in [-0.3, -0.25) is 14.4 Å². The fraction of sp³-hybridized carbons (Fsp3) is 0.200. The number of hydrogen-bond acceptors (Lipinski definition) is 5. The molecule has 3 rings (SSSR count). The number of carbonyl (C=O) groups is 3. The second-order valence-electron chi connectivity index (χ2n) is 7.79. The summed E-state index contributed by atoms with van der Waals surface area (Å²) in [6.07, 6.45) is 1.37. The Bertz CT molecular complexity index is 1230. The van der Waals surface area contributed by atoms with E-state index in [0.717, 1.165) is 5.56 Å². The number of esters is 1. The normalized spacial score (nSPS) is 10.5. The van der Waals surface area contributed by atoms with Gasteiger partial charge < -0.3 is 19.9 Å². The quantitative estimate of drug-likeness (QED) is 0.538. The predicted octanol–water partition coefficient (Wildman–Crippen LogP) is 3.61. The maximum Gasteiger partial charge on any atom is 0.338 e. The van der Waals surface area contributed by atoms with Gasteiger partial charge in [-0.15, -0.1) is 0 Å². The molecule has 0 radical (unpaired) electrons. The summed E-state index contributed by atoms with van der Waals surface area (Å²) in [5.74, 6) is -1.19. The van der Waals surface area contributed by atoms with E-state index in [1.54, 1.807) is 74.6 Å². The van der Waals surface area contributed by atoms with Crippen molar-refractivity contribution in [1.29, 1.82) is 0 Å². The molecule has 0 aliphatic rings. The molecular weight excluding hydrogens is 422 g/mol. The lowest BCUT2D eigenvalue weighted by Crippen LogP contribution is -2.26. The lowest BCUT2D eigenvalue weighted by molar-refractivity contribution is -0.116. The van der Waals surface area contributed by atoms with Gasteiger partial charge in [-0.1, -0.05) is 12.1 Å². The van der Waals surface area contributed by atoms with Crippen molar-refractivity contribution < 1.29 is 19.1 Å². The van der Waals surface area contributed by atoms with Crippen LogP contribution in [0, 0.1) is 6.92 Å². The average molecular weight is 447 g/mol. The minimum atomic E-state index is -0.464. The Morgan fingerprint density at radius 1 is 0.909 bits per heavy atom. The number of amides is 2. The van der Waals surface area contributed by atoms with Crippen LogP contribution in [0.3, 0.4) is 0 Å². The van der Waals surface area contributed by atoms with E-state index < -0.39 is 5.97 Å². The zero-order valence-electron chi connectivity index (χ0n) is 18.6. The van der Waals surface area contributed by atoms with Crippen molar-refractivity contribution in [3.8, 4) is 0 Å². The minimum absolute atomic E-state index is 0.113. The smallest absolute Gasteiger partial charge is 0.338 e. The van der Waals surface area contributed by atoms with Crippen molar-refractivity contribution in [3.05, 3.63) is 93.9 Å². The van der Waals surface area contributed by atoms with Crippen LogP contribution >= 0.6 is 0 Å². The lowest BCUT2D eigenvalue weighted by Gasteiger charge is -2.10. The van der Waals surface area contributed by atoms with E-state index in [2.05, 4.69) is 10.6 Å². The fourth-order valence-corrected chi connectivity index (χ4v) is 3.04. The third kappa shape index (κ3) is 6.64. The standard InChI is InChI=1S/C25H25N3O5/c1-16(2)33-25(32)19-5-4-6-21(13-19)27-24(31)18-8-10-20(11-9-18)26-22(29)15-28-14-17(3)7-12-23(28)30/h4-14,16H,15H2,1-3H3,(H,26,29)(H,27,31). The number of aryl methyl sites for hydroxylation is 1. The number of carbonyl (C=O) groups excluding carboxylic acids is 3. The first-order valence-corrected chi connectivity index (χ1v) is 10.4. The van der Waals surface area contributed by atoms with Gasteiger partial charge in [0.15, 0.2) is 0 Å². The third-order valence-electron chi connectivity index (χ3n) is 4.58. The maximum absolute atomic E-state index is 12.6. The Morgan fingerprint density at radius 3 is 2.33 bits per heavy atom. The number of aromatic nitrogens is 1. The van der Waals surface area contributed by atoms with Crippen LogP contribution in [0.2, 0.25) is 0 Å². The summed E-state index contributed by atoms with van der Waals surface area (Å²) in [6.45, 7) is 5.25. The molecule has 1 heterocycles. The monoisotopic (exact) mass is 447 g/mol. The van der Waals surface area contributed by atoms with Crippen molar-refractivity contribution in [2.75, 3.05) is 10.6 Å². The van der Waals surface area contributed by atoms with E-state index in [4.69, 9.17) is 4.74 Å². The van der Waals surface area contributed by atoms with Gasteiger partial charge in [0.1, 0.15) is 6.54 Å². The van der Waals surface area contributed by atoms with Gasteiger partial charge in [0, 0.05) is 29.2 Å². The van der Waals surface area contributed by atoms with Crippen LogP contribution in [0.5, 0.6) is 0 Å². The predicted molar refractivity (Wildman–Crippen MR) is 125 cm³/mol. The molecule has 0 fully saturated rings. The molecular formula is C25H25N3O5. The highest BCUT2D eigenvalue weighted by atomic mass is 16.5. The van der Waals surface area contributed by atoms with Gasteiger partial charge in [0.05, 0.1) is 11.7 Å². The number of rotatable bonds is 7. The Hall–Kier alpha value is -4.20. The van der Waals surface area contributed by atoms with Gasteiger partial charge in [-0.2, -0.15) is 0 Å². The van der Waals surface area contributed by atoms with Crippen LogP contribution < -0.4 is 16.2 Å². The lowest BCUT2D eigenvalue weighted by atomic mass is 10.1. The highest BCUT2D eigenvalue weighted by Gasteiger charge is 2.12. The summed E-state index contributed by atoms with van der Waals surface area (Å²) in [6, 6.07) is 15.9. The molecule has 0 unspecified atom stereocenters. The van der Waals surface area contributed by atoms with Crippen LogP contribution in [0.25, 0.3) is 0 Å². The van der Waals surface area contributed by atoms with Crippen molar-refractivity contribution in [3.63, 3.8) is 0 Å². The van der Waals surface area contributed by atoms with Crippen molar-refractivity contribution in [1.82, 2.24) is 4.57 Å². The molecule has 170 valence electrons. The number of hydrogen-bond donors (Lipinski definition) is 2. The second kappa shape index (κ2) is 10.4. The number of ether oxygens (including phenoxy) is 1. The zero-order valence-corrected chi connectivity index (χ0v) is 18.6. The minimum Gasteiger partial charge on any atom is -0.459 e. The van der Waals surface area contributed by atoms with Gasteiger partial charge in [-0.25, -0.2) is 4.79 Å². The van der Waals surface area contributed by atoms with E-state index in [-0.39, 0.29) is 30.0 Å². The van der Waals surface area contributed by atoms with Crippen LogP contribution in [0.1, 0.15) is 40.1 Å². The molecule has 1 aromatic heterocycles. The van der Waals surface area contributed by atoms with E-state index in [9.17, 15) is 19.2 Å². The first-order chi connectivity index (χ1) is 15.7. The summed E-state index contributed by atoms with van der Waals surface area (Å²) in [7, 11) is 0. The summed E-state index contributed by atoms with van der Waals surface area (Å²) in [5.41, 5.74) is 2.28. The number of nitrogens with zero attached hydrogens (tertiary/aromatic N) is 1. The van der Waals surface area contributed by atoms with Crippen molar-refractivity contribution in [2.45, 2.75) is 33.4 Å². The average Bonchev–Trinajstić information content (AvgIpc) is 2.76. The summed E-state index contributed by atoms with van der Waals surface area (Å²) in [5, 5.41) is 5.45. The van der Waals surface area contributed by atoms with Gasteiger partial charge >= 0.3 is 5.97 Å². The van der Waals surface area contributed by atoms with Crippen LogP contribution in [0.15, 0.2) is 71.7 Å². The SMILES string of the molecule is Cc1ccc(=O)n(CC(=O)Nc2ccc(C(=O)Nc3cccc(C(=O)OC(C)C)c3)cc2)c1. The highest BCUT2D eigenvalue weighted by Crippen LogP contribution is 2.15. The highest BCUT2D eigenvalue weighted by molar-refractivity contribution is 6.05. The first-order valence-electron chi connectivity index (χ1n) is 10.4. The Morgan fingerprint density at radius 2 is 1.64 bits per heavy atom. The zero-order chi connectivity index (χ0) is 24.0. The molecule has 3 aromatic rings. The van der Waals surface area contributed by atoms with E-state index in [0.29, 0.717) is 22.5 Å². The molecule has 2 amide bonds. The molecule has 0 aliphatic carbocycles. The largest absolute Gasteiger partial charge is 0.459 e. The molecule has 0 saturated carbocycles. The van der Waals surface area contributed by atoms with Gasteiger partial charge in [0.25, 0.3) is 11.5 Å². The van der Waals surface area contributed by atoms with Gasteiger partial charge in [-0.05, 0) is 68.8 Å². The third-order valence-corrected chi connectivity index (χ3v) is 4.58. The summed E-state index contributed by atoms with van der Waals surface area (Å²) in [4.78, 5) is 48.7. The molecule has 0 saturated heterocycles. The summed E-state index contributed by atoms with van der Waals surface area (Å²) >= 11 is 0. The molecule has 0 aliphatic heterocycles.